The van der Waals surface area contributed by atoms with Crippen LogP contribution < -0.4 is 5.73 Å². The molecule has 84 valence electrons. The molecule has 3 heteroatoms. The largest absolute Gasteiger partial charge is 0.324 e. The van der Waals surface area contributed by atoms with Gasteiger partial charge in [0.1, 0.15) is 5.82 Å². The Morgan fingerprint density at radius 3 is 2.73 bits per heavy atom. The SMILES string of the molecule is CCCCSc1ccc([C@@H](C)N)cc1F. The zero-order valence-corrected chi connectivity index (χ0v) is 10.1. The maximum atomic E-state index is 13.6. The molecule has 0 aliphatic heterocycles. The Balaban J connectivity index is 2.66. The monoisotopic (exact) mass is 227 g/mol. The molecule has 1 atom stereocenters. The highest BCUT2D eigenvalue weighted by atomic mass is 32.2. The molecule has 0 aliphatic carbocycles. The fourth-order valence-electron chi connectivity index (χ4n) is 1.24. The van der Waals surface area contributed by atoms with Gasteiger partial charge in [-0.3, -0.25) is 0 Å². The Kier molecular flexibility index (Phi) is 5.12. The summed E-state index contributed by atoms with van der Waals surface area (Å²) in [6, 6.07) is 5.17. The van der Waals surface area contributed by atoms with E-state index in [9.17, 15) is 4.39 Å². The number of hydrogen-bond acceptors (Lipinski definition) is 2. The molecule has 0 saturated carbocycles. The molecule has 0 bridgehead atoms. The van der Waals surface area contributed by atoms with Gasteiger partial charge in [-0.05, 0) is 36.8 Å². The van der Waals surface area contributed by atoms with Crippen LogP contribution in [0.2, 0.25) is 0 Å². The molecule has 0 aromatic heterocycles. The van der Waals surface area contributed by atoms with Crippen LogP contribution in [0.15, 0.2) is 23.1 Å². The van der Waals surface area contributed by atoms with E-state index < -0.39 is 0 Å². The Morgan fingerprint density at radius 1 is 1.47 bits per heavy atom. The second-order valence-electron chi connectivity index (χ2n) is 3.68. The maximum Gasteiger partial charge on any atom is 0.137 e. The molecule has 1 aromatic rings. The van der Waals surface area contributed by atoms with Crippen molar-refractivity contribution >= 4 is 11.8 Å². The van der Waals surface area contributed by atoms with Gasteiger partial charge in [-0.1, -0.05) is 19.4 Å². The van der Waals surface area contributed by atoms with Crippen molar-refractivity contribution < 1.29 is 4.39 Å². The van der Waals surface area contributed by atoms with Crippen LogP contribution in [-0.2, 0) is 0 Å². The first kappa shape index (κ1) is 12.5. The molecule has 0 saturated heterocycles. The van der Waals surface area contributed by atoms with Crippen LogP contribution in [-0.4, -0.2) is 5.75 Å². The van der Waals surface area contributed by atoms with Gasteiger partial charge in [0, 0.05) is 10.9 Å². The van der Waals surface area contributed by atoms with E-state index in [1.54, 1.807) is 17.8 Å². The van der Waals surface area contributed by atoms with Crippen molar-refractivity contribution in [2.24, 2.45) is 5.73 Å². The first-order chi connectivity index (χ1) is 7.15. The Bertz CT molecular complexity index is 312. The number of unbranched alkanes of at least 4 members (excludes halogenated alkanes) is 1. The summed E-state index contributed by atoms with van der Waals surface area (Å²) in [5.41, 5.74) is 6.53. The summed E-state index contributed by atoms with van der Waals surface area (Å²) >= 11 is 1.58. The predicted molar refractivity (Wildman–Crippen MR) is 64.6 cm³/mol. The molecule has 0 fully saturated rings. The molecule has 15 heavy (non-hydrogen) atoms. The number of rotatable bonds is 5. The first-order valence-corrected chi connectivity index (χ1v) is 6.31. The van der Waals surface area contributed by atoms with E-state index in [0.717, 1.165) is 29.1 Å². The number of nitrogens with two attached hydrogens (primary N) is 1. The Labute approximate surface area is 95.2 Å². The number of thioether (sulfide) groups is 1. The van der Waals surface area contributed by atoms with Gasteiger partial charge in [-0.15, -0.1) is 11.8 Å². The van der Waals surface area contributed by atoms with Crippen molar-refractivity contribution in [1.29, 1.82) is 0 Å². The maximum absolute atomic E-state index is 13.6. The second kappa shape index (κ2) is 6.13. The Hall–Kier alpha value is -0.540. The van der Waals surface area contributed by atoms with Gasteiger partial charge in [0.25, 0.3) is 0 Å². The summed E-state index contributed by atoms with van der Waals surface area (Å²) < 4.78 is 13.6. The van der Waals surface area contributed by atoms with Crippen molar-refractivity contribution in [2.45, 2.75) is 37.6 Å². The van der Waals surface area contributed by atoms with Gasteiger partial charge in [0.2, 0.25) is 0 Å². The predicted octanol–water partition coefficient (Wildman–Crippen LogP) is 3.74. The number of halogens is 1. The zero-order chi connectivity index (χ0) is 11.3. The molecule has 0 amide bonds. The second-order valence-corrected chi connectivity index (χ2v) is 4.82. The molecule has 0 spiro atoms. The van der Waals surface area contributed by atoms with Gasteiger partial charge < -0.3 is 5.73 Å². The highest BCUT2D eigenvalue weighted by molar-refractivity contribution is 7.99. The van der Waals surface area contributed by atoms with Crippen LogP contribution >= 0.6 is 11.8 Å². The molecule has 0 radical (unpaired) electrons. The van der Waals surface area contributed by atoms with Gasteiger partial charge in [0.15, 0.2) is 0 Å². The Morgan fingerprint density at radius 2 is 2.20 bits per heavy atom. The summed E-state index contributed by atoms with van der Waals surface area (Å²) in [5.74, 6) is 0.830. The first-order valence-electron chi connectivity index (χ1n) is 5.33. The van der Waals surface area contributed by atoms with Gasteiger partial charge in [-0.25, -0.2) is 4.39 Å². The molecular weight excluding hydrogens is 209 g/mol. The summed E-state index contributed by atoms with van der Waals surface area (Å²) in [6.45, 7) is 3.99. The molecule has 1 nitrogen and oxygen atoms in total. The third-order valence-electron chi connectivity index (χ3n) is 2.24. The van der Waals surface area contributed by atoms with Crippen LogP contribution in [0.3, 0.4) is 0 Å². The van der Waals surface area contributed by atoms with E-state index >= 15 is 0 Å². The van der Waals surface area contributed by atoms with E-state index in [1.165, 1.54) is 0 Å². The van der Waals surface area contributed by atoms with Gasteiger partial charge in [-0.2, -0.15) is 0 Å². The standard InChI is InChI=1S/C12H18FNS/c1-3-4-7-15-12-6-5-10(9(2)14)8-11(12)13/h5-6,8-9H,3-4,7,14H2,1-2H3/t9-/m1/s1. The zero-order valence-electron chi connectivity index (χ0n) is 9.29. The highest BCUT2D eigenvalue weighted by Crippen LogP contribution is 2.25. The van der Waals surface area contributed by atoms with Crippen LogP contribution in [0.4, 0.5) is 4.39 Å². The molecule has 1 aromatic carbocycles. The molecule has 0 aliphatic rings. The van der Waals surface area contributed by atoms with Crippen molar-refractivity contribution in [3.8, 4) is 0 Å². The third kappa shape index (κ3) is 3.84. The lowest BCUT2D eigenvalue weighted by Gasteiger charge is -2.08. The molecular formula is C12H18FNS. The summed E-state index contributed by atoms with van der Waals surface area (Å²) in [5, 5.41) is 0. The summed E-state index contributed by atoms with van der Waals surface area (Å²) in [6.07, 6.45) is 2.27. The van der Waals surface area contributed by atoms with Crippen LogP contribution in [0, 0.1) is 5.82 Å². The smallest absolute Gasteiger partial charge is 0.137 e. The van der Waals surface area contributed by atoms with E-state index in [2.05, 4.69) is 6.92 Å². The van der Waals surface area contributed by atoms with Crippen molar-refractivity contribution in [3.05, 3.63) is 29.6 Å². The van der Waals surface area contributed by atoms with Crippen molar-refractivity contribution in [1.82, 2.24) is 0 Å². The average Bonchev–Trinajstić information content (AvgIpc) is 2.20. The molecule has 0 unspecified atom stereocenters. The highest BCUT2D eigenvalue weighted by Gasteiger charge is 2.06. The lowest BCUT2D eigenvalue weighted by atomic mass is 10.1. The van der Waals surface area contributed by atoms with E-state index in [-0.39, 0.29) is 11.9 Å². The van der Waals surface area contributed by atoms with E-state index in [4.69, 9.17) is 5.73 Å². The quantitative estimate of drug-likeness (QED) is 0.612. The molecule has 0 heterocycles. The summed E-state index contributed by atoms with van der Waals surface area (Å²) in [4.78, 5) is 0.729. The van der Waals surface area contributed by atoms with Crippen LogP contribution in [0.5, 0.6) is 0 Å². The topological polar surface area (TPSA) is 26.0 Å². The van der Waals surface area contributed by atoms with E-state index in [1.807, 2.05) is 19.1 Å². The fourth-order valence-corrected chi connectivity index (χ4v) is 2.26. The summed E-state index contributed by atoms with van der Waals surface area (Å²) in [7, 11) is 0. The third-order valence-corrected chi connectivity index (χ3v) is 3.37. The average molecular weight is 227 g/mol. The van der Waals surface area contributed by atoms with Crippen LogP contribution in [0.25, 0.3) is 0 Å². The number of benzene rings is 1. The fraction of sp³-hybridized carbons (Fsp3) is 0.500. The minimum absolute atomic E-state index is 0.103. The minimum atomic E-state index is -0.147. The van der Waals surface area contributed by atoms with Gasteiger partial charge >= 0.3 is 0 Å². The molecule has 1 rings (SSSR count). The van der Waals surface area contributed by atoms with E-state index in [0.29, 0.717) is 0 Å². The van der Waals surface area contributed by atoms with Crippen molar-refractivity contribution in [3.63, 3.8) is 0 Å². The van der Waals surface area contributed by atoms with Gasteiger partial charge in [0.05, 0.1) is 0 Å². The number of hydrogen-bond donors (Lipinski definition) is 1. The van der Waals surface area contributed by atoms with Crippen LogP contribution in [0.1, 0.15) is 38.3 Å². The minimum Gasteiger partial charge on any atom is -0.324 e. The van der Waals surface area contributed by atoms with Crippen molar-refractivity contribution in [2.75, 3.05) is 5.75 Å². The normalized spacial score (nSPS) is 12.8. The lowest BCUT2D eigenvalue weighted by molar-refractivity contribution is 0.596. The lowest BCUT2D eigenvalue weighted by Crippen LogP contribution is -2.05. The molecule has 2 N–H and O–H groups in total.